The number of thioether (sulfide) groups is 1. The van der Waals surface area contributed by atoms with Crippen LogP contribution >= 0.6 is 27.7 Å². The number of hydrogen-bond acceptors (Lipinski definition) is 2. The Morgan fingerprint density at radius 1 is 1.18 bits per heavy atom. The molecule has 0 bridgehead atoms. The topological polar surface area (TPSA) is 26.0 Å². The Balaban J connectivity index is 2.12. The van der Waals surface area contributed by atoms with Gasteiger partial charge >= 0.3 is 0 Å². The van der Waals surface area contributed by atoms with Gasteiger partial charge in [0, 0.05) is 16.3 Å². The molecule has 0 atom stereocenters. The molecule has 17 heavy (non-hydrogen) atoms. The van der Waals surface area contributed by atoms with Gasteiger partial charge in [-0.05, 0) is 33.6 Å². The second-order valence-electron chi connectivity index (χ2n) is 3.58. The molecule has 2 N–H and O–H groups in total. The highest BCUT2D eigenvalue weighted by Gasteiger charge is 2.06. The lowest BCUT2D eigenvalue weighted by Crippen LogP contribution is -1.91. The van der Waals surface area contributed by atoms with Crippen LogP contribution in [0.4, 0.5) is 10.1 Å². The van der Waals surface area contributed by atoms with Crippen LogP contribution in [0, 0.1) is 5.82 Å². The van der Waals surface area contributed by atoms with E-state index in [1.54, 1.807) is 17.8 Å². The van der Waals surface area contributed by atoms with Crippen LogP contribution in [-0.2, 0) is 5.75 Å². The van der Waals surface area contributed by atoms with Gasteiger partial charge in [0.1, 0.15) is 5.82 Å². The van der Waals surface area contributed by atoms with Crippen molar-refractivity contribution < 1.29 is 4.39 Å². The average molecular weight is 312 g/mol. The van der Waals surface area contributed by atoms with Gasteiger partial charge in [-0.25, -0.2) is 4.39 Å². The molecule has 2 aromatic carbocycles. The lowest BCUT2D eigenvalue weighted by atomic mass is 10.2. The van der Waals surface area contributed by atoms with Crippen LogP contribution in [0.3, 0.4) is 0 Å². The van der Waals surface area contributed by atoms with Crippen LogP contribution < -0.4 is 5.73 Å². The van der Waals surface area contributed by atoms with E-state index in [1.165, 1.54) is 11.6 Å². The molecule has 0 aliphatic heterocycles. The lowest BCUT2D eigenvalue weighted by molar-refractivity contribution is 0.620. The number of anilines is 1. The summed E-state index contributed by atoms with van der Waals surface area (Å²) in [7, 11) is 0. The fourth-order valence-corrected chi connectivity index (χ4v) is 2.84. The molecule has 0 saturated heterocycles. The first kappa shape index (κ1) is 12.5. The second-order valence-corrected chi connectivity index (χ2v) is 5.45. The first-order valence-corrected chi connectivity index (χ1v) is 6.86. The van der Waals surface area contributed by atoms with Gasteiger partial charge in [-0.15, -0.1) is 11.8 Å². The highest BCUT2D eigenvalue weighted by atomic mass is 79.9. The maximum absolute atomic E-state index is 13.2. The van der Waals surface area contributed by atoms with Gasteiger partial charge in [-0.1, -0.05) is 30.3 Å². The Hall–Kier alpha value is -1.00. The first-order valence-electron chi connectivity index (χ1n) is 5.08. The van der Waals surface area contributed by atoms with E-state index in [0.29, 0.717) is 10.2 Å². The fourth-order valence-electron chi connectivity index (χ4n) is 1.40. The zero-order valence-corrected chi connectivity index (χ0v) is 11.4. The summed E-state index contributed by atoms with van der Waals surface area (Å²) in [5.74, 6) is 0.495. The Morgan fingerprint density at radius 2 is 1.88 bits per heavy atom. The standard InChI is InChI=1S/C13H11BrFNS/c14-10-6-13(12(16)7-11(10)15)17-8-9-4-2-1-3-5-9/h1-7H,8,16H2. The molecule has 0 fully saturated rings. The number of rotatable bonds is 3. The largest absolute Gasteiger partial charge is 0.398 e. The normalized spacial score (nSPS) is 10.5. The molecule has 0 aromatic heterocycles. The van der Waals surface area contributed by atoms with Crippen molar-refractivity contribution in [3.63, 3.8) is 0 Å². The molecule has 4 heteroatoms. The van der Waals surface area contributed by atoms with Crippen molar-refractivity contribution in [2.24, 2.45) is 0 Å². The van der Waals surface area contributed by atoms with Crippen LogP contribution in [0.25, 0.3) is 0 Å². The third-order valence-electron chi connectivity index (χ3n) is 2.29. The lowest BCUT2D eigenvalue weighted by Gasteiger charge is -2.07. The molecule has 0 saturated carbocycles. The van der Waals surface area contributed by atoms with E-state index in [0.717, 1.165) is 10.6 Å². The van der Waals surface area contributed by atoms with Crippen molar-refractivity contribution in [3.05, 3.63) is 58.3 Å². The summed E-state index contributed by atoms with van der Waals surface area (Å²) in [4.78, 5) is 0.891. The van der Waals surface area contributed by atoms with Crippen LogP contribution in [0.5, 0.6) is 0 Å². The molecule has 2 rings (SSSR count). The molecule has 1 nitrogen and oxygen atoms in total. The predicted molar refractivity (Wildman–Crippen MR) is 74.5 cm³/mol. The third kappa shape index (κ3) is 3.23. The molecule has 0 aliphatic carbocycles. The summed E-state index contributed by atoms with van der Waals surface area (Å²) >= 11 is 4.76. The van der Waals surface area contributed by atoms with Crippen LogP contribution in [-0.4, -0.2) is 0 Å². The Kier molecular flexibility index (Phi) is 4.07. The number of benzene rings is 2. The number of hydrogen-bond donors (Lipinski definition) is 1. The molecular formula is C13H11BrFNS. The molecule has 0 amide bonds. The Morgan fingerprint density at radius 3 is 2.59 bits per heavy atom. The predicted octanol–water partition coefficient (Wildman–Crippen LogP) is 4.46. The molecule has 2 aromatic rings. The van der Waals surface area contributed by atoms with E-state index >= 15 is 0 Å². The first-order chi connectivity index (χ1) is 8.16. The minimum absolute atomic E-state index is 0.327. The van der Waals surface area contributed by atoms with E-state index in [9.17, 15) is 4.39 Å². The van der Waals surface area contributed by atoms with E-state index in [1.807, 2.05) is 18.2 Å². The smallest absolute Gasteiger partial charge is 0.139 e. The van der Waals surface area contributed by atoms with E-state index < -0.39 is 0 Å². The summed E-state index contributed by atoms with van der Waals surface area (Å²) in [6.45, 7) is 0. The second kappa shape index (κ2) is 5.56. The SMILES string of the molecule is Nc1cc(F)c(Br)cc1SCc1ccccc1. The van der Waals surface area contributed by atoms with E-state index in [2.05, 4.69) is 28.1 Å². The van der Waals surface area contributed by atoms with Gasteiger partial charge in [-0.2, -0.15) is 0 Å². The minimum Gasteiger partial charge on any atom is -0.398 e. The van der Waals surface area contributed by atoms with Gasteiger partial charge in [0.15, 0.2) is 0 Å². The Bertz CT molecular complexity index is 516. The van der Waals surface area contributed by atoms with Crippen LogP contribution in [0.1, 0.15) is 5.56 Å². The summed E-state index contributed by atoms with van der Waals surface area (Å²) < 4.78 is 13.6. The van der Waals surface area contributed by atoms with Crippen molar-refractivity contribution in [1.29, 1.82) is 0 Å². The number of nitrogens with two attached hydrogens (primary N) is 1. The molecule has 0 spiro atoms. The quantitative estimate of drug-likeness (QED) is 0.669. The maximum atomic E-state index is 13.2. The number of halogens is 2. The van der Waals surface area contributed by atoms with Crippen LogP contribution in [0.15, 0.2) is 51.8 Å². The van der Waals surface area contributed by atoms with Gasteiger partial charge in [0.2, 0.25) is 0 Å². The zero-order valence-electron chi connectivity index (χ0n) is 8.99. The molecular weight excluding hydrogens is 301 g/mol. The molecule has 0 aliphatic rings. The fraction of sp³-hybridized carbons (Fsp3) is 0.0769. The maximum Gasteiger partial charge on any atom is 0.139 e. The van der Waals surface area contributed by atoms with Crippen LogP contribution in [0.2, 0.25) is 0 Å². The van der Waals surface area contributed by atoms with Gasteiger partial charge in [-0.3, -0.25) is 0 Å². The third-order valence-corrected chi connectivity index (χ3v) is 4.04. The minimum atomic E-state index is -0.327. The highest BCUT2D eigenvalue weighted by molar-refractivity contribution is 9.10. The zero-order chi connectivity index (χ0) is 12.3. The van der Waals surface area contributed by atoms with Crippen molar-refractivity contribution in [3.8, 4) is 0 Å². The summed E-state index contributed by atoms with van der Waals surface area (Å²) in [5.41, 5.74) is 7.47. The molecule has 0 unspecified atom stereocenters. The van der Waals surface area contributed by atoms with E-state index in [-0.39, 0.29) is 5.82 Å². The summed E-state index contributed by atoms with van der Waals surface area (Å²) in [6, 6.07) is 13.2. The van der Waals surface area contributed by atoms with Gasteiger partial charge in [0.05, 0.1) is 4.47 Å². The van der Waals surface area contributed by atoms with Gasteiger partial charge in [0.25, 0.3) is 0 Å². The average Bonchev–Trinajstić information content (AvgIpc) is 2.33. The van der Waals surface area contributed by atoms with E-state index in [4.69, 9.17) is 5.73 Å². The number of nitrogen functional groups attached to an aromatic ring is 1. The highest BCUT2D eigenvalue weighted by Crippen LogP contribution is 2.32. The Labute approximate surface area is 112 Å². The summed E-state index contributed by atoms with van der Waals surface area (Å²) in [5, 5.41) is 0. The van der Waals surface area contributed by atoms with Gasteiger partial charge < -0.3 is 5.73 Å². The monoisotopic (exact) mass is 311 g/mol. The van der Waals surface area contributed by atoms with Crippen molar-refractivity contribution in [1.82, 2.24) is 0 Å². The van der Waals surface area contributed by atoms with Crippen molar-refractivity contribution >= 4 is 33.4 Å². The van der Waals surface area contributed by atoms with Crippen molar-refractivity contribution in [2.45, 2.75) is 10.6 Å². The summed E-state index contributed by atoms with van der Waals surface area (Å²) in [6.07, 6.45) is 0. The van der Waals surface area contributed by atoms with Crippen molar-refractivity contribution in [2.75, 3.05) is 5.73 Å². The molecule has 88 valence electrons. The molecule has 0 heterocycles. The molecule has 0 radical (unpaired) electrons.